The van der Waals surface area contributed by atoms with Gasteiger partial charge in [0.2, 0.25) is 5.91 Å². The summed E-state index contributed by atoms with van der Waals surface area (Å²) in [5.41, 5.74) is 1.21. The Balaban J connectivity index is 1.34. The number of hydrogen-bond donors (Lipinski definition) is 0. The molecule has 0 unspecified atom stereocenters. The molecule has 1 saturated carbocycles. The van der Waals surface area contributed by atoms with Crippen LogP contribution < -0.4 is 0 Å². The van der Waals surface area contributed by atoms with Crippen molar-refractivity contribution in [2.45, 2.75) is 57.8 Å². The highest BCUT2D eigenvalue weighted by molar-refractivity contribution is 5.92. The summed E-state index contributed by atoms with van der Waals surface area (Å²) in [5, 5.41) is 0. The third-order valence-corrected chi connectivity index (χ3v) is 6.04. The minimum atomic E-state index is -0.0147. The minimum absolute atomic E-state index is 0.0147. The van der Waals surface area contributed by atoms with Crippen molar-refractivity contribution in [1.82, 2.24) is 9.80 Å². The number of amides is 2. The predicted octanol–water partition coefficient (Wildman–Crippen LogP) is 3.02. The van der Waals surface area contributed by atoms with Gasteiger partial charge in [-0.1, -0.05) is 19.3 Å². The van der Waals surface area contributed by atoms with Crippen molar-refractivity contribution in [1.29, 1.82) is 0 Å². The topological polar surface area (TPSA) is 53.8 Å². The molecule has 0 radical (unpaired) electrons. The average Bonchev–Trinajstić information content (AvgIpc) is 3.12. The van der Waals surface area contributed by atoms with Crippen LogP contribution in [0.1, 0.15) is 66.8 Å². The van der Waals surface area contributed by atoms with E-state index in [1.54, 1.807) is 0 Å². The van der Waals surface area contributed by atoms with E-state index < -0.39 is 0 Å². The zero-order valence-electron chi connectivity index (χ0n) is 15.0. The van der Waals surface area contributed by atoms with Crippen LogP contribution in [0.2, 0.25) is 0 Å². The van der Waals surface area contributed by atoms with Crippen LogP contribution in [0.25, 0.3) is 0 Å². The number of piperazine rings is 1. The van der Waals surface area contributed by atoms with E-state index in [4.69, 9.17) is 4.42 Å². The standard InChI is InChI=1S/C20H28N2O3/c23-19(15-6-2-1-3-7-15)21-10-12-22(13-11-21)20(24)18-14-16-8-4-5-9-17(16)25-18/h14-15H,1-13H2. The molecular formula is C20H28N2O3. The first kappa shape index (κ1) is 16.7. The Kier molecular flexibility index (Phi) is 4.82. The maximum Gasteiger partial charge on any atom is 0.289 e. The molecule has 0 bridgehead atoms. The van der Waals surface area contributed by atoms with Crippen LogP contribution in [0.3, 0.4) is 0 Å². The third kappa shape index (κ3) is 3.46. The van der Waals surface area contributed by atoms with E-state index in [2.05, 4.69) is 0 Å². The molecule has 4 rings (SSSR count). The highest BCUT2D eigenvalue weighted by Gasteiger charge is 2.31. The number of carbonyl (C=O) groups is 2. The quantitative estimate of drug-likeness (QED) is 0.829. The van der Waals surface area contributed by atoms with Crippen molar-refractivity contribution in [3.8, 4) is 0 Å². The van der Waals surface area contributed by atoms with Crippen LogP contribution in [0.4, 0.5) is 0 Å². The predicted molar refractivity (Wildman–Crippen MR) is 94.4 cm³/mol. The molecule has 136 valence electrons. The Morgan fingerprint density at radius 2 is 1.56 bits per heavy atom. The maximum absolute atomic E-state index is 12.7. The number of fused-ring (bicyclic) bond motifs is 1. The van der Waals surface area contributed by atoms with E-state index in [9.17, 15) is 9.59 Å². The number of furan rings is 1. The van der Waals surface area contributed by atoms with Gasteiger partial charge in [-0.15, -0.1) is 0 Å². The Labute approximate surface area is 149 Å². The second-order valence-corrected chi connectivity index (χ2v) is 7.72. The summed E-state index contributed by atoms with van der Waals surface area (Å²) in [6, 6.07) is 1.94. The monoisotopic (exact) mass is 344 g/mol. The van der Waals surface area contributed by atoms with Crippen molar-refractivity contribution < 1.29 is 14.0 Å². The number of hydrogen-bond acceptors (Lipinski definition) is 3. The summed E-state index contributed by atoms with van der Waals surface area (Å²) in [5.74, 6) is 1.99. The number of carbonyl (C=O) groups excluding carboxylic acids is 2. The SMILES string of the molecule is O=C(c1cc2c(o1)CCCC2)N1CCN(C(=O)C2CCCCC2)CC1. The molecule has 5 heteroatoms. The molecule has 0 spiro atoms. The maximum atomic E-state index is 12.7. The third-order valence-electron chi connectivity index (χ3n) is 6.04. The van der Waals surface area contributed by atoms with Crippen LogP contribution in [-0.2, 0) is 17.6 Å². The normalized spacial score (nSPS) is 21.9. The Morgan fingerprint density at radius 1 is 0.880 bits per heavy atom. The Morgan fingerprint density at radius 3 is 2.28 bits per heavy atom. The van der Waals surface area contributed by atoms with Gasteiger partial charge in [-0.2, -0.15) is 0 Å². The fraction of sp³-hybridized carbons (Fsp3) is 0.700. The van der Waals surface area contributed by atoms with Crippen LogP contribution in [-0.4, -0.2) is 47.8 Å². The molecule has 1 aliphatic heterocycles. The Bertz CT molecular complexity index is 614. The largest absolute Gasteiger partial charge is 0.456 e. The highest BCUT2D eigenvalue weighted by Crippen LogP contribution is 2.27. The molecule has 1 aromatic rings. The summed E-state index contributed by atoms with van der Waals surface area (Å²) >= 11 is 0. The van der Waals surface area contributed by atoms with E-state index in [0.29, 0.717) is 37.8 Å². The van der Waals surface area contributed by atoms with Crippen LogP contribution in [0, 0.1) is 5.92 Å². The molecular weight excluding hydrogens is 316 g/mol. The highest BCUT2D eigenvalue weighted by atomic mass is 16.4. The van der Waals surface area contributed by atoms with Crippen molar-refractivity contribution in [2.75, 3.05) is 26.2 Å². The zero-order chi connectivity index (χ0) is 17.2. The van der Waals surface area contributed by atoms with E-state index in [-0.39, 0.29) is 11.8 Å². The van der Waals surface area contributed by atoms with Gasteiger partial charge in [0.05, 0.1) is 0 Å². The molecule has 2 amide bonds. The van der Waals surface area contributed by atoms with Gasteiger partial charge >= 0.3 is 0 Å². The molecule has 2 heterocycles. The average molecular weight is 344 g/mol. The molecule has 25 heavy (non-hydrogen) atoms. The second-order valence-electron chi connectivity index (χ2n) is 7.72. The van der Waals surface area contributed by atoms with Crippen LogP contribution in [0.5, 0.6) is 0 Å². The van der Waals surface area contributed by atoms with Gasteiger partial charge < -0.3 is 14.2 Å². The molecule has 2 aliphatic carbocycles. The number of rotatable bonds is 2. The molecule has 1 aromatic heterocycles. The van der Waals surface area contributed by atoms with E-state index in [1.807, 2.05) is 15.9 Å². The van der Waals surface area contributed by atoms with Crippen LogP contribution >= 0.6 is 0 Å². The van der Waals surface area contributed by atoms with Gasteiger partial charge in [0.1, 0.15) is 5.76 Å². The lowest BCUT2D eigenvalue weighted by atomic mass is 9.88. The van der Waals surface area contributed by atoms with Gasteiger partial charge in [0.15, 0.2) is 5.76 Å². The minimum Gasteiger partial charge on any atom is -0.456 e. The molecule has 0 aromatic carbocycles. The summed E-state index contributed by atoms with van der Waals surface area (Å²) in [7, 11) is 0. The van der Waals surface area contributed by atoms with Crippen molar-refractivity contribution >= 4 is 11.8 Å². The zero-order valence-corrected chi connectivity index (χ0v) is 15.0. The summed E-state index contributed by atoms with van der Waals surface area (Å²) < 4.78 is 5.82. The first-order valence-electron chi connectivity index (χ1n) is 9.92. The van der Waals surface area contributed by atoms with E-state index >= 15 is 0 Å². The van der Waals surface area contributed by atoms with Gasteiger partial charge in [0.25, 0.3) is 5.91 Å². The fourth-order valence-electron chi connectivity index (χ4n) is 4.49. The van der Waals surface area contributed by atoms with Gasteiger partial charge in [-0.25, -0.2) is 0 Å². The Hall–Kier alpha value is -1.78. The molecule has 1 saturated heterocycles. The molecule has 0 N–H and O–H groups in total. The van der Waals surface area contributed by atoms with Crippen molar-refractivity contribution in [2.24, 2.45) is 5.92 Å². The van der Waals surface area contributed by atoms with Gasteiger partial charge in [0, 0.05) is 38.5 Å². The van der Waals surface area contributed by atoms with E-state index in [0.717, 1.165) is 37.9 Å². The van der Waals surface area contributed by atoms with Crippen LogP contribution in [0.15, 0.2) is 10.5 Å². The summed E-state index contributed by atoms with van der Waals surface area (Å²) in [6.07, 6.45) is 10.0. The molecule has 5 nitrogen and oxygen atoms in total. The summed E-state index contributed by atoms with van der Waals surface area (Å²) in [4.78, 5) is 29.2. The first-order chi connectivity index (χ1) is 12.2. The van der Waals surface area contributed by atoms with Crippen molar-refractivity contribution in [3.05, 3.63) is 23.2 Å². The second kappa shape index (κ2) is 7.22. The van der Waals surface area contributed by atoms with Crippen molar-refractivity contribution in [3.63, 3.8) is 0 Å². The summed E-state index contributed by atoms with van der Waals surface area (Å²) in [6.45, 7) is 2.54. The molecule has 0 atom stereocenters. The smallest absolute Gasteiger partial charge is 0.289 e. The number of nitrogens with zero attached hydrogens (tertiary/aromatic N) is 2. The molecule has 2 fully saturated rings. The van der Waals surface area contributed by atoms with E-state index in [1.165, 1.54) is 31.2 Å². The first-order valence-corrected chi connectivity index (χ1v) is 9.92. The lowest BCUT2D eigenvalue weighted by Gasteiger charge is -2.36. The van der Waals surface area contributed by atoms with Gasteiger partial charge in [-0.3, -0.25) is 9.59 Å². The van der Waals surface area contributed by atoms with Gasteiger partial charge in [-0.05, 0) is 43.7 Å². The fourth-order valence-corrected chi connectivity index (χ4v) is 4.49. The lowest BCUT2D eigenvalue weighted by Crippen LogP contribution is -2.52. The lowest BCUT2D eigenvalue weighted by molar-refractivity contribution is -0.138. The molecule has 3 aliphatic rings. The number of aryl methyl sites for hydroxylation is 2.